The minimum Gasteiger partial charge on any atom is -0.276 e. The van der Waals surface area contributed by atoms with Crippen molar-refractivity contribution in [3.05, 3.63) is 18.0 Å². The number of rotatable bonds is 5. The normalized spacial score (nSPS) is 24.3. The van der Waals surface area contributed by atoms with Crippen LogP contribution in [0, 0.1) is 5.92 Å². The van der Waals surface area contributed by atoms with Gasteiger partial charge in [-0.25, -0.2) is 8.78 Å². The third-order valence-electron chi connectivity index (χ3n) is 3.96. The van der Waals surface area contributed by atoms with E-state index < -0.39 is 5.92 Å². The van der Waals surface area contributed by atoms with E-state index in [0.717, 1.165) is 24.8 Å². The van der Waals surface area contributed by atoms with Gasteiger partial charge in [-0.2, -0.15) is 5.10 Å². The fourth-order valence-electron chi connectivity index (χ4n) is 2.93. The number of nitrogens with zero attached hydrogens (tertiary/aromatic N) is 2. The zero-order valence-electron chi connectivity index (χ0n) is 11.3. The summed E-state index contributed by atoms with van der Waals surface area (Å²) >= 11 is 0. The first-order valence-electron chi connectivity index (χ1n) is 6.82. The van der Waals surface area contributed by atoms with Crippen LogP contribution in [-0.4, -0.2) is 21.7 Å². The summed E-state index contributed by atoms with van der Waals surface area (Å²) in [6.45, 7) is 0. The van der Waals surface area contributed by atoms with Gasteiger partial charge in [0.05, 0.1) is 6.20 Å². The van der Waals surface area contributed by atoms with Gasteiger partial charge in [-0.3, -0.25) is 16.0 Å². The van der Waals surface area contributed by atoms with Gasteiger partial charge in [-0.15, -0.1) is 0 Å². The Morgan fingerprint density at radius 1 is 1.63 bits per heavy atom. The summed E-state index contributed by atoms with van der Waals surface area (Å²) in [5.74, 6) is 2.99. The molecule has 0 amide bonds. The highest BCUT2D eigenvalue weighted by molar-refractivity contribution is 5.04. The molecule has 1 aromatic heterocycles. The Labute approximate surface area is 112 Å². The van der Waals surface area contributed by atoms with E-state index in [1.165, 1.54) is 0 Å². The number of hydrogen-bond donors (Lipinski definition) is 2. The van der Waals surface area contributed by atoms with Gasteiger partial charge in [0, 0.05) is 32.1 Å². The smallest absolute Gasteiger partial charge is 0.248 e. The summed E-state index contributed by atoms with van der Waals surface area (Å²) in [6.07, 6.45) is 6.72. The second kappa shape index (κ2) is 5.96. The van der Waals surface area contributed by atoms with E-state index in [2.05, 4.69) is 10.5 Å². The predicted octanol–water partition coefficient (Wildman–Crippen LogP) is 2.01. The van der Waals surface area contributed by atoms with Crippen molar-refractivity contribution in [3.63, 3.8) is 0 Å². The minimum atomic E-state index is -2.52. The average Bonchev–Trinajstić information content (AvgIpc) is 2.75. The topological polar surface area (TPSA) is 55.9 Å². The van der Waals surface area contributed by atoms with Crippen LogP contribution >= 0.6 is 0 Å². The maximum atomic E-state index is 13.4. The number of hydrazine groups is 1. The van der Waals surface area contributed by atoms with Crippen LogP contribution in [0.4, 0.5) is 8.78 Å². The molecule has 0 aromatic carbocycles. The summed E-state index contributed by atoms with van der Waals surface area (Å²) in [5.41, 5.74) is 3.84. The Morgan fingerprint density at radius 3 is 3.00 bits per heavy atom. The molecule has 1 aliphatic rings. The van der Waals surface area contributed by atoms with Crippen LogP contribution < -0.4 is 11.3 Å². The fraction of sp³-hybridized carbons (Fsp3) is 0.769. The van der Waals surface area contributed by atoms with Gasteiger partial charge in [-0.1, -0.05) is 0 Å². The van der Waals surface area contributed by atoms with E-state index in [-0.39, 0.29) is 24.8 Å². The lowest BCUT2D eigenvalue weighted by Gasteiger charge is -2.34. The zero-order valence-corrected chi connectivity index (χ0v) is 11.3. The molecular weight excluding hydrogens is 250 g/mol. The van der Waals surface area contributed by atoms with E-state index in [1.54, 1.807) is 4.68 Å². The van der Waals surface area contributed by atoms with Gasteiger partial charge >= 0.3 is 0 Å². The third-order valence-corrected chi connectivity index (χ3v) is 3.96. The third kappa shape index (κ3) is 3.98. The number of halogens is 2. The predicted molar refractivity (Wildman–Crippen MR) is 69.5 cm³/mol. The first-order valence-corrected chi connectivity index (χ1v) is 6.82. The maximum absolute atomic E-state index is 13.4. The van der Waals surface area contributed by atoms with Crippen molar-refractivity contribution in [1.82, 2.24) is 15.2 Å². The van der Waals surface area contributed by atoms with Crippen molar-refractivity contribution in [1.29, 1.82) is 0 Å². The average molecular weight is 272 g/mol. The van der Waals surface area contributed by atoms with E-state index >= 15 is 0 Å². The maximum Gasteiger partial charge on any atom is 0.248 e. The largest absolute Gasteiger partial charge is 0.276 e. The molecule has 1 fully saturated rings. The molecule has 4 nitrogen and oxygen atoms in total. The quantitative estimate of drug-likeness (QED) is 0.637. The van der Waals surface area contributed by atoms with Crippen molar-refractivity contribution in [2.45, 2.75) is 50.5 Å². The highest BCUT2D eigenvalue weighted by atomic mass is 19.3. The minimum absolute atomic E-state index is 0.0173. The molecule has 0 spiro atoms. The number of aromatic nitrogens is 2. The molecule has 6 heteroatoms. The Hall–Kier alpha value is -1.01. The second-order valence-corrected chi connectivity index (χ2v) is 5.55. The van der Waals surface area contributed by atoms with Crippen LogP contribution in [0.15, 0.2) is 12.4 Å². The van der Waals surface area contributed by atoms with E-state index in [1.807, 2.05) is 19.4 Å². The van der Waals surface area contributed by atoms with Crippen molar-refractivity contribution in [3.8, 4) is 0 Å². The molecular formula is C13H22F2N4. The molecule has 3 N–H and O–H groups in total. The molecule has 0 aliphatic heterocycles. The second-order valence-electron chi connectivity index (χ2n) is 5.55. The van der Waals surface area contributed by atoms with Crippen molar-refractivity contribution >= 4 is 0 Å². The van der Waals surface area contributed by atoms with Crippen LogP contribution in [0.3, 0.4) is 0 Å². The monoisotopic (exact) mass is 272 g/mol. The van der Waals surface area contributed by atoms with Crippen molar-refractivity contribution < 1.29 is 8.78 Å². The fourth-order valence-corrected chi connectivity index (χ4v) is 2.93. The van der Waals surface area contributed by atoms with Crippen LogP contribution in [0.1, 0.15) is 37.7 Å². The highest BCUT2D eigenvalue weighted by Gasteiger charge is 2.38. The molecule has 1 heterocycles. The molecule has 108 valence electrons. The molecule has 1 saturated carbocycles. The van der Waals surface area contributed by atoms with E-state index in [0.29, 0.717) is 6.42 Å². The standard InChI is InChI=1S/C13H22F2N4/c1-19-9-10(8-17-19)4-5-12(18-16)11-3-2-6-13(14,15)7-11/h8-9,11-12,18H,2-7,16H2,1H3. The van der Waals surface area contributed by atoms with E-state index in [9.17, 15) is 8.78 Å². The SMILES string of the molecule is Cn1cc(CCC(NN)C2CCCC(F)(F)C2)cn1. The van der Waals surface area contributed by atoms with Crippen LogP contribution in [0.25, 0.3) is 0 Å². The zero-order chi connectivity index (χ0) is 13.9. The Morgan fingerprint density at radius 2 is 2.42 bits per heavy atom. The van der Waals surface area contributed by atoms with Gasteiger partial charge in [0.25, 0.3) is 0 Å². The van der Waals surface area contributed by atoms with Gasteiger partial charge < -0.3 is 0 Å². The lowest BCUT2D eigenvalue weighted by atomic mass is 9.80. The number of nitrogens with two attached hydrogens (primary N) is 1. The summed E-state index contributed by atoms with van der Waals surface area (Å²) in [5, 5.41) is 4.10. The first kappa shape index (κ1) is 14.4. The summed E-state index contributed by atoms with van der Waals surface area (Å²) < 4.78 is 28.6. The summed E-state index contributed by atoms with van der Waals surface area (Å²) in [6, 6.07) is -0.0496. The molecule has 0 saturated heterocycles. The van der Waals surface area contributed by atoms with Crippen molar-refractivity contribution in [2.24, 2.45) is 18.8 Å². The lowest BCUT2D eigenvalue weighted by Crippen LogP contribution is -2.44. The molecule has 1 aromatic rings. The molecule has 2 rings (SSSR count). The van der Waals surface area contributed by atoms with Gasteiger partial charge in [0.2, 0.25) is 5.92 Å². The summed E-state index contributed by atoms with van der Waals surface area (Å²) in [7, 11) is 1.86. The molecule has 2 unspecified atom stereocenters. The molecule has 1 aliphatic carbocycles. The van der Waals surface area contributed by atoms with Gasteiger partial charge in [-0.05, 0) is 37.2 Å². The van der Waals surface area contributed by atoms with Gasteiger partial charge in [0.15, 0.2) is 0 Å². The number of alkyl halides is 2. The van der Waals surface area contributed by atoms with Crippen LogP contribution in [0.5, 0.6) is 0 Å². The van der Waals surface area contributed by atoms with Crippen LogP contribution in [-0.2, 0) is 13.5 Å². The molecule has 0 radical (unpaired) electrons. The Bertz CT molecular complexity index is 405. The number of nitrogens with one attached hydrogen (secondary N) is 1. The van der Waals surface area contributed by atoms with Crippen LogP contribution in [0.2, 0.25) is 0 Å². The Balaban J connectivity index is 1.89. The Kier molecular flexibility index (Phi) is 4.52. The molecule has 0 bridgehead atoms. The summed E-state index contributed by atoms with van der Waals surface area (Å²) in [4.78, 5) is 0. The van der Waals surface area contributed by atoms with Gasteiger partial charge in [0.1, 0.15) is 0 Å². The van der Waals surface area contributed by atoms with Crippen molar-refractivity contribution in [2.75, 3.05) is 0 Å². The first-order chi connectivity index (χ1) is 9.00. The molecule has 19 heavy (non-hydrogen) atoms. The number of hydrogen-bond acceptors (Lipinski definition) is 3. The lowest BCUT2D eigenvalue weighted by molar-refractivity contribution is -0.0585. The number of aryl methyl sites for hydroxylation is 2. The highest BCUT2D eigenvalue weighted by Crippen LogP contribution is 2.38. The molecule has 2 atom stereocenters. The van der Waals surface area contributed by atoms with E-state index in [4.69, 9.17) is 5.84 Å².